The van der Waals surface area contributed by atoms with Gasteiger partial charge in [0, 0.05) is 24.6 Å². The first-order valence-electron chi connectivity index (χ1n) is 7.76. The molecule has 1 aliphatic heterocycles. The molecule has 1 saturated heterocycles. The minimum atomic E-state index is 0.410. The normalized spacial score (nSPS) is 17.1. The van der Waals surface area contributed by atoms with E-state index in [4.69, 9.17) is 9.47 Å². The lowest BCUT2D eigenvalue weighted by Crippen LogP contribution is -2.31. The van der Waals surface area contributed by atoms with E-state index in [1.54, 1.807) is 11.3 Å². The Labute approximate surface area is 135 Å². The zero-order valence-electron chi connectivity index (χ0n) is 12.8. The Bertz CT molecular complexity index is 568. The van der Waals surface area contributed by atoms with Crippen LogP contribution < -0.4 is 10.1 Å². The average molecular weight is 318 g/mol. The van der Waals surface area contributed by atoms with Crippen LogP contribution in [0.5, 0.6) is 5.75 Å². The van der Waals surface area contributed by atoms with Crippen LogP contribution in [0.15, 0.2) is 35.2 Å². The number of aromatic nitrogens is 1. The molecule has 2 aromatic rings. The van der Waals surface area contributed by atoms with Crippen LogP contribution in [-0.2, 0) is 11.3 Å². The van der Waals surface area contributed by atoms with Crippen molar-refractivity contribution >= 4 is 17.0 Å². The fourth-order valence-electron chi connectivity index (χ4n) is 2.75. The van der Waals surface area contributed by atoms with Crippen molar-refractivity contribution in [1.82, 2.24) is 4.98 Å². The number of benzene rings is 1. The summed E-state index contributed by atoms with van der Waals surface area (Å²) in [5.74, 6) is 1.54. The van der Waals surface area contributed by atoms with E-state index in [1.807, 2.05) is 29.1 Å². The molecule has 0 unspecified atom stereocenters. The minimum absolute atomic E-state index is 0.410. The van der Waals surface area contributed by atoms with Gasteiger partial charge >= 0.3 is 0 Å². The van der Waals surface area contributed by atoms with E-state index in [1.165, 1.54) is 0 Å². The lowest BCUT2D eigenvalue weighted by molar-refractivity contribution is 0.0622. The highest BCUT2D eigenvalue weighted by Gasteiger charge is 2.21. The molecule has 0 saturated carbocycles. The number of nitrogens with one attached hydrogen (secondary N) is 1. The average Bonchev–Trinajstić information content (AvgIpc) is 3.08. The Morgan fingerprint density at radius 3 is 2.95 bits per heavy atom. The van der Waals surface area contributed by atoms with Crippen molar-refractivity contribution < 1.29 is 9.47 Å². The molecule has 1 aliphatic rings. The maximum atomic E-state index is 5.93. The van der Waals surface area contributed by atoms with E-state index in [0.29, 0.717) is 18.6 Å². The van der Waals surface area contributed by atoms with Crippen LogP contribution in [0, 0.1) is 5.92 Å². The van der Waals surface area contributed by atoms with Crippen molar-refractivity contribution in [3.05, 3.63) is 40.8 Å². The third-order valence-electron chi connectivity index (χ3n) is 4.10. The molecule has 0 amide bonds. The van der Waals surface area contributed by atoms with E-state index in [-0.39, 0.29) is 0 Å². The summed E-state index contributed by atoms with van der Waals surface area (Å²) in [4.78, 5) is 4.25. The summed E-state index contributed by atoms with van der Waals surface area (Å²) in [5.41, 5.74) is 3.85. The van der Waals surface area contributed by atoms with Gasteiger partial charge in [-0.2, -0.15) is 0 Å². The monoisotopic (exact) mass is 318 g/mol. The Hall–Kier alpha value is -1.59. The van der Waals surface area contributed by atoms with Crippen LogP contribution in [0.4, 0.5) is 5.69 Å². The Balaban J connectivity index is 1.62. The summed E-state index contributed by atoms with van der Waals surface area (Å²) in [6, 6.07) is 8.53. The van der Waals surface area contributed by atoms with Gasteiger partial charge in [0.2, 0.25) is 0 Å². The molecule has 4 nitrogen and oxygen atoms in total. The summed E-state index contributed by atoms with van der Waals surface area (Å²) < 4.78 is 11.4. The summed E-state index contributed by atoms with van der Waals surface area (Å²) in [5, 5.41) is 5.63. The van der Waals surface area contributed by atoms with Crippen LogP contribution >= 0.6 is 11.3 Å². The van der Waals surface area contributed by atoms with Gasteiger partial charge in [-0.3, -0.25) is 0 Å². The first-order chi connectivity index (χ1) is 10.8. The SMILES string of the molecule is C[C@H](Nc1ccccc1OCc1cscn1)C1CCOCC1. The van der Waals surface area contributed by atoms with E-state index in [2.05, 4.69) is 23.3 Å². The van der Waals surface area contributed by atoms with Gasteiger partial charge in [-0.1, -0.05) is 12.1 Å². The second-order valence-corrected chi connectivity index (χ2v) is 6.37. The fraction of sp³-hybridized carbons (Fsp3) is 0.471. The highest BCUT2D eigenvalue weighted by Crippen LogP contribution is 2.28. The molecule has 0 radical (unpaired) electrons. The standard InChI is InChI=1S/C17H22N2O2S/c1-13(14-6-8-20-9-7-14)19-16-4-2-3-5-17(16)21-10-15-11-22-12-18-15/h2-5,11-14,19H,6-10H2,1H3/t13-/m0/s1. The number of nitrogens with zero attached hydrogens (tertiary/aromatic N) is 1. The van der Waals surface area contributed by atoms with Gasteiger partial charge in [-0.25, -0.2) is 4.98 Å². The van der Waals surface area contributed by atoms with E-state index >= 15 is 0 Å². The molecule has 0 aliphatic carbocycles. The maximum Gasteiger partial charge on any atom is 0.142 e. The van der Waals surface area contributed by atoms with E-state index in [0.717, 1.165) is 43.2 Å². The number of rotatable bonds is 6. The largest absolute Gasteiger partial charge is 0.485 e. The lowest BCUT2D eigenvalue weighted by atomic mass is 9.93. The van der Waals surface area contributed by atoms with Gasteiger partial charge in [-0.05, 0) is 37.8 Å². The lowest BCUT2D eigenvalue weighted by Gasteiger charge is -2.29. The van der Waals surface area contributed by atoms with Gasteiger partial charge in [-0.15, -0.1) is 11.3 Å². The number of thiazole rings is 1. The Kier molecular flexibility index (Phi) is 5.29. The van der Waals surface area contributed by atoms with Crippen LogP contribution in [0.3, 0.4) is 0 Å². The minimum Gasteiger partial charge on any atom is -0.485 e. The highest BCUT2D eigenvalue weighted by molar-refractivity contribution is 7.07. The predicted octanol–water partition coefficient (Wildman–Crippen LogP) is 3.95. The van der Waals surface area contributed by atoms with Crippen molar-refractivity contribution in [3.8, 4) is 5.75 Å². The number of hydrogen-bond donors (Lipinski definition) is 1. The smallest absolute Gasteiger partial charge is 0.142 e. The van der Waals surface area contributed by atoms with Crippen molar-refractivity contribution in [3.63, 3.8) is 0 Å². The predicted molar refractivity (Wildman–Crippen MR) is 89.5 cm³/mol. The molecule has 118 valence electrons. The second kappa shape index (κ2) is 7.61. The molecular weight excluding hydrogens is 296 g/mol. The summed E-state index contributed by atoms with van der Waals surface area (Å²) in [6.07, 6.45) is 2.24. The molecule has 1 atom stereocenters. The number of ether oxygens (including phenoxy) is 2. The Morgan fingerprint density at radius 2 is 2.18 bits per heavy atom. The number of anilines is 1. The quantitative estimate of drug-likeness (QED) is 0.876. The number of para-hydroxylation sites is 2. The molecule has 3 rings (SSSR count). The summed E-state index contributed by atoms with van der Waals surface area (Å²) in [7, 11) is 0. The topological polar surface area (TPSA) is 43.4 Å². The molecule has 22 heavy (non-hydrogen) atoms. The third kappa shape index (κ3) is 3.99. The first kappa shape index (κ1) is 15.3. The molecule has 1 fully saturated rings. The summed E-state index contributed by atoms with van der Waals surface area (Å²) in [6.45, 7) is 4.50. The first-order valence-corrected chi connectivity index (χ1v) is 8.70. The van der Waals surface area contributed by atoms with Gasteiger partial charge in [0.05, 0.1) is 16.9 Å². The van der Waals surface area contributed by atoms with E-state index < -0.39 is 0 Å². The molecule has 0 spiro atoms. The molecular formula is C17H22N2O2S. The van der Waals surface area contributed by atoms with Crippen molar-refractivity contribution in [2.75, 3.05) is 18.5 Å². The molecule has 2 heterocycles. The zero-order valence-corrected chi connectivity index (χ0v) is 13.6. The maximum absolute atomic E-state index is 5.93. The molecule has 0 bridgehead atoms. The van der Waals surface area contributed by atoms with Gasteiger partial charge in [0.25, 0.3) is 0 Å². The second-order valence-electron chi connectivity index (χ2n) is 5.65. The van der Waals surface area contributed by atoms with Crippen molar-refractivity contribution in [1.29, 1.82) is 0 Å². The zero-order chi connectivity index (χ0) is 15.2. The molecule has 5 heteroatoms. The molecule has 1 aromatic heterocycles. The summed E-state index contributed by atoms with van der Waals surface area (Å²) >= 11 is 1.59. The van der Waals surface area contributed by atoms with Crippen LogP contribution in [0.25, 0.3) is 0 Å². The fourth-order valence-corrected chi connectivity index (χ4v) is 3.29. The van der Waals surface area contributed by atoms with Crippen LogP contribution in [0.2, 0.25) is 0 Å². The highest BCUT2D eigenvalue weighted by atomic mass is 32.1. The van der Waals surface area contributed by atoms with Crippen molar-refractivity contribution in [2.24, 2.45) is 5.92 Å². The van der Waals surface area contributed by atoms with Crippen molar-refractivity contribution in [2.45, 2.75) is 32.4 Å². The molecule has 1 aromatic carbocycles. The third-order valence-corrected chi connectivity index (χ3v) is 4.74. The van der Waals surface area contributed by atoms with Crippen LogP contribution in [0.1, 0.15) is 25.5 Å². The van der Waals surface area contributed by atoms with Crippen LogP contribution in [-0.4, -0.2) is 24.2 Å². The molecule has 1 N–H and O–H groups in total. The van der Waals surface area contributed by atoms with Gasteiger partial charge in [0.1, 0.15) is 12.4 Å². The van der Waals surface area contributed by atoms with E-state index in [9.17, 15) is 0 Å². The number of hydrogen-bond acceptors (Lipinski definition) is 5. The Morgan fingerprint density at radius 1 is 1.36 bits per heavy atom. The van der Waals surface area contributed by atoms with Gasteiger partial charge < -0.3 is 14.8 Å². The van der Waals surface area contributed by atoms with Gasteiger partial charge in [0.15, 0.2) is 0 Å².